The van der Waals surface area contributed by atoms with Gasteiger partial charge in [-0.25, -0.2) is 8.78 Å². The Morgan fingerprint density at radius 1 is 1.24 bits per heavy atom. The fourth-order valence-corrected chi connectivity index (χ4v) is 1.91. The molecule has 0 bridgehead atoms. The predicted molar refractivity (Wildman–Crippen MR) is 53.2 cm³/mol. The zero-order chi connectivity index (χ0) is 12.6. The van der Waals surface area contributed by atoms with E-state index in [1.165, 1.54) is 0 Å². The van der Waals surface area contributed by atoms with E-state index in [4.69, 9.17) is 0 Å². The molecule has 2 atom stereocenters. The molecule has 1 aromatic carbocycles. The van der Waals surface area contributed by atoms with Gasteiger partial charge in [0.25, 0.3) is 0 Å². The van der Waals surface area contributed by atoms with E-state index in [1.807, 2.05) is 0 Å². The number of alkyl halides is 4. The van der Waals surface area contributed by atoms with Gasteiger partial charge in [-0.05, 0) is 17.9 Å². The second-order valence-corrected chi connectivity index (χ2v) is 4.15. The lowest BCUT2D eigenvalue weighted by Gasteiger charge is -2.13. The molecule has 0 aliphatic heterocycles. The summed E-state index contributed by atoms with van der Waals surface area (Å²) in [5.74, 6) is -7.47. The van der Waals surface area contributed by atoms with Gasteiger partial charge in [-0.1, -0.05) is 30.3 Å². The lowest BCUT2D eigenvalue weighted by molar-refractivity contribution is -0.168. The Balaban J connectivity index is 2.07. The summed E-state index contributed by atoms with van der Waals surface area (Å²) >= 11 is 0. The maximum atomic E-state index is 12.8. The molecular weight excluding hydrogens is 236 g/mol. The van der Waals surface area contributed by atoms with E-state index < -0.39 is 24.0 Å². The van der Waals surface area contributed by atoms with Crippen LogP contribution in [0.4, 0.5) is 17.6 Å². The quantitative estimate of drug-likeness (QED) is 0.745. The van der Waals surface area contributed by atoms with Crippen LogP contribution < -0.4 is 0 Å². The fourth-order valence-electron chi connectivity index (χ4n) is 1.91. The van der Waals surface area contributed by atoms with Crippen LogP contribution in [0.5, 0.6) is 0 Å². The molecule has 0 spiro atoms. The summed E-state index contributed by atoms with van der Waals surface area (Å²) in [6.07, 6.45) is -3.70. The Labute approximate surface area is 95.4 Å². The molecule has 1 aliphatic carbocycles. The smallest absolute Gasteiger partial charge is 0.292 e. The minimum Gasteiger partial charge on any atom is -0.292 e. The van der Waals surface area contributed by atoms with E-state index in [0.717, 1.165) is 5.56 Å². The topological polar surface area (TPSA) is 17.1 Å². The van der Waals surface area contributed by atoms with Gasteiger partial charge < -0.3 is 0 Å². The molecule has 0 heterocycles. The number of hydrogen-bond acceptors (Lipinski definition) is 1. The summed E-state index contributed by atoms with van der Waals surface area (Å²) in [7, 11) is 0. The Morgan fingerprint density at radius 2 is 1.82 bits per heavy atom. The molecule has 92 valence electrons. The molecule has 1 saturated carbocycles. The van der Waals surface area contributed by atoms with Crippen molar-refractivity contribution < 1.29 is 22.4 Å². The van der Waals surface area contributed by atoms with E-state index in [9.17, 15) is 22.4 Å². The molecule has 1 fully saturated rings. The van der Waals surface area contributed by atoms with Gasteiger partial charge in [-0.15, -0.1) is 0 Å². The molecule has 0 amide bonds. The third-order valence-corrected chi connectivity index (χ3v) is 2.96. The van der Waals surface area contributed by atoms with Gasteiger partial charge in [0.05, 0.1) is 0 Å². The van der Waals surface area contributed by atoms with Gasteiger partial charge >= 0.3 is 12.3 Å². The third-order valence-electron chi connectivity index (χ3n) is 2.96. The van der Waals surface area contributed by atoms with Crippen molar-refractivity contribution in [1.29, 1.82) is 0 Å². The van der Waals surface area contributed by atoms with Crippen LogP contribution in [0.3, 0.4) is 0 Å². The molecule has 2 rings (SSSR count). The minimum absolute atomic E-state index is 0.227. The summed E-state index contributed by atoms with van der Waals surface area (Å²) in [5.41, 5.74) is 0.746. The monoisotopic (exact) mass is 246 g/mol. The van der Waals surface area contributed by atoms with Gasteiger partial charge in [0.1, 0.15) is 0 Å². The van der Waals surface area contributed by atoms with Gasteiger partial charge in [0, 0.05) is 5.92 Å². The largest absolute Gasteiger partial charge is 0.364 e. The molecule has 1 aromatic rings. The number of hydrogen-bond donors (Lipinski definition) is 0. The van der Waals surface area contributed by atoms with Gasteiger partial charge in [0.15, 0.2) is 0 Å². The van der Waals surface area contributed by atoms with E-state index in [0.29, 0.717) is 0 Å². The van der Waals surface area contributed by atoms with Crippen LogP contribution in [0, 0.1) is 5.92 Å². The van der Waals surface area contributed by atoms with E-state index in [1.54, 1.807) is 30.3 Å². The predicted octanol–water partition coefficient (Wildman–Crippen LogP) is 3.26. The molecule has 2 unspecified atom stereocenters. The number of ketones is 1. The SMILES string of the molecule is O=C(C1CC1c1ccccc1)C(F)(F)C(F)F. The maximum Gasteiger partial charge on any atom is 0.364 e. The minimum atomic E-state index is -4.52. The zero-order valence-electron chi connectivity index (χ0n) is 8.75. The molecule has 0 N–H and O–H groups in total. The van der Waals surface area contributed by atoms with Crippen LogP contribution in [0.15, 0.2) is 30.3 Å². The lowest BCUT2D eigenvalue weighted by Crippen LogP contribution is -2.37. The highest BCUT2D eigenvalue weighted by Crippen LogP contribution is 2.50. The van der Waals surface area contributed by atoms with Crippen molar-refractivity contribution in [3.63, 3.8) is 0 Å². The average molecular weight is 246 g/mol. The van der Waals surface area contributed by atoms with Gasteiger partial charge in [-0.3, -0.25) is 4.79 Å². The fraction of sp³-hybridized carbons (Fsp3) is 0.417. The highest BCUT2D eigenvalue weighted by Gasteiger charge is 2.58. The van der Waals surface area contributed by atoms with Gasteiger partial charge in [-0.2, -0.15) is 8.78 Å². The van der Waals surface area contributed by atoms with Crippen molar-refractivity contribution in [2.24, 2.45) is 5.92 Å². The molecule has 1 nitrogen and oxygen atoms in total. The molecule has 0 aromatic heterocycles. The molecule has 0 saturated heterocycles. The standard InChI is InChI=1S/C12H10F4O/c13-11(14)12(15,16)10(17)9-6-8(9)7-4-2-1-3-5-7/h1-5,8-9,11H,6H2. The van der Waals surface area contributed by atoms with Crippen LogP contribution in [-0.2, 0) is 4.79 Å². The summed E-state index contributed by atoms with van der Waals surface area (Å²) in [6, 6.07) is 8.62. The highest BCUT2D eigenvalue weighted by atomic mass is 19.3. The maximum absolute atomic E-state index is 12.8. The average Bonchev–Trinajstić information content (AvgIpc) is 3.09. The normalized spacial score (nSPS) is 23.8. The van der Waals surface area contributed by atoms with Crippen LogP contribution in [-0.4, -0.2) is 18.1 Å². The first kappa shape index (κ1) is 12.1. The van der Waals surface area contributed by atoms with Gasteiger partial charge in [0.2, 0.25) is 5.78 Å². The number of Topliss-reactive ketones (excluding diaryl/α,β-unsaturated/α-hetero) is 1. The summed E-state index contributed by atoms with van der Waals surface area (Å²) in [5, 5.41) is 0. The molecular formula is C12H10F4O. The highest BCUT2D eigenvalue weighted by molar-refractivity contribution is 5.91. The Kier molecular flexibility index (Phi) is 2.93. The number of halogens is 4. The van der Waals surface area contributed by atoms with Crippen LogP contribution in [0.2, 0.25) is 0 Å². The van der Waals surface area contributed by atoms with E-state index in [2.05, 4.69) is 0 Å². The first-order valence-corrected chi connectivity index (χ1v) is 5.20. The molecule has 17 heavy (non-hydrogen) atoms. The molecule has 0 radical (unpaired) electrons. The van der Waals surface area contributed by atoms with Crippen molar-refractivity contribution >= 4 is 5.78 Å². The molecule has 1 aliphatic rings. The van der Waals surface area contributed by atoms with E-state index >= 15 is 0 Å². The zero-order valence-corrected chi connectivity index (χ0v) is 8.75. The third kappa shape index (κ3) is 2.18. The number of rotatable bonds is 4. The van der Waals surface area contributed by atoms with Crippen molar-refractivity contribution in [3.05, 3.63) is 35.9 Å². The van der Waals surface area contributed by atoms with Crippen molar-refractivity contribution in [2.75, 3.05) is 0 Å². The summed E-state index contributed by atoms with van der Waals surface area (Å²) in [6.45, 7) is 0. The number of carbonyl (C=O) groups is 1. The van der Waals surface area contributed by atoms with Crippen LogP contribution in [0.25, 0.3) is 0 Å². The lowest BCUT2D eigenvalue weighted by atomic mass is 10.0. The summed E-state index contributed by atoms with van der Waals surface area (Å²) in [4.78, 5) is 11.2. The summed E-state index contributed by atoms with van der Waals surface area (Å²) < 4.78 is 49.7. The number of benzene rings is 1. The second kappa shape index (κ2) is 4.13. The first-order chi connectivity index (χ1) is 7.94. The van der Waals surface area contributed by atoms with Crippen molar-refractivity contribution in [2.45, 2.75) is 24.7 Å². The van der Waals surface area contributed by atoms with Crippen LogP contribution >= 0.6 is 0 Å². The molecule has 5 heteroatoms. The second-order valence-electron chi connectivity index (χ2n) is 4.15. The van der Waals surface area contributed by atoms with Crippen molar-refractivity contribution in [3.8, 4) is 0 Å². The Bertz CT molecular complexity index is 416. The Hall–Kier alpha value is -1.39. The van der Waals surface area contributed by atoms with E-state index in [-0.39, 0.29) is 12.3 Å². The Morgan fingerprint density at radius 3 is 2.35 bits per heavy atom. The van der Waals surface area contributed by atoms with Crippen LogP contribution in [0.1, 0.15) is 17.9 Å². The number of carbonyl (C=O) groups excluding carboxylic acids is 1. The first-order valence-electron chi connectivity index (χ1n) is 5.20. The van der Waals surface area contributed by atoms with Crippen molar-refractivity contribution in [1.82, 2.24) is 0 Å².